The fourth-order valence-electron chi connectivity index (χ4n) is 1.66. The molecular weight excluding hydrogens is 162 g/mol. The summed E-state index contributed by atoms with van der Waals surface area (Å²) in [7, 11) is 0. The number of aromatic nitrogens is 2. The van der Waals surface area contributed by atoms with Crippen molar-refractivity contribution in [2.24, 2.45) is 0 Å². The Balaban J connectivity index is 1.86. The summed E-state index contributed by atoms with van der Waals surface area (Å²) < 4.78 is 2.31. The Labute approximate surface area is 78.2 Å². The van der Waals surface area contributed by atoms with E-state index >= 15 is 0 Å². The Morgan fingerprint density at radius 1 is 1.38 bits per heavy atom. The Morgan fingerprint density at radius 2 is 2.15 bits per heavy atom. The molecule has 0 radical (unpaired) electrons. The average Bonchev–Trinajstić information content (AvgIpc) is 2.94. The highest BCUT2D eigenvalue weighted by Crippen LogP contribution is 2.38. The first-order valence-electron chi connectivity index (χ1n) is 5.15. The molecule has 0 aliphatic heterocycles. The molecular formula is C10H15N3. The van der Waals surface area contributed by atoms with Crippen LogP contribution in [0.15, 0.2) is 6.20 Å². The molecule has 0 atom stereocenters. The topological polar surface area (TPSA) is 29.9 Å². The van der Waals surface area contributed by atoms with Crippen LogP contribution in [-0.4, -0.2) is 15.6 Å². The van der Waals surface area contributed by atoms with Crippen LogP contribution in [0.1, 0.15) is 37.4 Å². The molecule has 13 heavy (non-hydrogen) atoms. The van der Waals surface area contributed by atoms with Gasteiger partial charge in [-0.25, -0.2) is 4.98 Å². The van der Waals surface area contributed by atoms with Crippen molar-refractivity contribution in [2.75, 3.05) is 5.32 Å². The predicted molar refractivity (Wildman–Crippen MR) is 51.9 cm³/mol. The van der Waals surface area contributed by atoms with Gasteiger partial charge in [-0.3, -0.25) is 0 Å². The van der Waals surface area contributed by atoms with Crippen LogP contribution in [0, 0.1) is 6.92 Å². The van der Waals surface area contributed by atoms with Crippen LogP contribution in [0.3, 0.4) is 0 Å². The summed E-state index contributed by atoms with van der Waals surface area (Å²) in [5, 5.41) is 3.48. The fourth-order valence-corrected chi connectivity index (χ4v) is 1.66. The highest BCUT2D eigenvalue weighted by atomic mass is 15.2. The van der Waals surface area contributed by atoms with E-state index in [1.165, 1.54) is 25.7 Å². The number of hydrogen-bond donors (Lipinski definition) is 1. The Bertz CT molecular complexity index is 321. The lowest BCUT2D eigenvalue weighted by molar-refractivity contribution is 0.742. The third kappa shape index (κ3) is 1.43. The minimum atomic E-state index is 0.708. The van der Waals surface area contributed by atoms with Gasteiger partial charge in [0.15, 0.2) is 0 Å². The zero-order valence-corrected chi connectivity index (χ0v) is 7.95. The van der Waals surface area contributed by atoms with Crippen molar-refractivity contribution in [3.8, 4) is 0 Å². The molecule has 2 fully saturated rings. The van der Waals surface area contributed by atoms with E-state index in [2.05, 4.69) is 28.0 Å². The second kappa shape index (κ2) is 2.50. The summed E-state index contributed by atoms with van der Waals surface area (Å²) in [6.07, 6.45) is 7.46. The summed E-state index contributed by atoms with van der Waals surface area (Å²) in [5.74, 6) is 1.10. The summed E-state index contributed by atoms with van der Waals surface area (Å²) >= 11 is 0. The molecule has 1 aromatic heterocycles. The van der Waals surface area contributed by atoms with E-state index in [1.807, 2.05) is 0 Å². The Kier molecular flexibility index (Phi) is 1.43. The molecule has 70 valence electrons. The summed E-state index contributed by atoms with van der Waals surface area (Å²) in [4.78, 5) is 4.50. The Hall–Kier alpha value is -0.990. The van der Waals surface area contributed by atoms with Gasteiger partial charge in [-0.05, 0) is 32.6 Å². The summed E-state index contributed by atoms with van der Waals surface area (Å²) in [6, 6.07) is 1.45. The first-order valence-corrected chi connectivity index (χ1v) is 5.15. The molecule has 1 aromatic rings. The standard InChI is InChI=1S/C10H15N3/c1-7-6-13(9-4-5-9)10(11-7)12-8-2-3-8/h6,8-9H,2-5H2,1H3,(H,11,12). The van der Waals surface area contributed by atoms with Crippen molar-refractivity contribution in [1.82, 2.24) is 9.55 Å². The Morgan fingerprint density at radius 3 is 2.77 bits per heavy atom. The highest BCUT2D eigenvalue weighted by Gasteiger charge is 2.29. The maximum Gasteiger partial charge on any atom is 0.203 e. The zero-order valence-electron chi connectivity index (χ0n) is 7.95. The number of nitrogens with one attached hydrogen (secondary N) is 1. The SMILES string of the molecule is Cc1cn(C2CC2)c(NC2CC2)n1. The predicted octanol–water partition coefficient (Wildman–Crippen LogP) is 2.10. The van der Waals surface area contributed by atoms with Gasteiger partial charge in [0.1, 0.15) is 0 Å². The van der Waals surface area contributed by atoms with Gasteiger partial charge in [0, 0.05) is 18.3 Å². The molecule has 0 aromatic carbocycles. The molecule has 1 N–H and O–H groups in total. The average molecular weight is 177 g/mol. The minimum absolute atomic E-state index is 0.708. The quantitative estimate of drug-likeness (QED) is 0.766. The summed E-state index contributed by atoms with van der Waals surface area (Å²) in [5.41, 5.74) is 1.13. The molecule has 0 saturated heterocycles. The third-order valence-corrected chi connectivity index (χ3v) is 2.70. The number of imidazole rings is 1. The monoisotopic (exact) mass is 177 g/mol. The van der Waals surface area contributed by atoms with Gasteiger partial charge in [0.05, 0.1) is 5.69 Å². The van der Waals surface area contributed by atoms with E-state index < -0.39 is 0 Å². The van der Waals surface area contributed by atoms with Crippen LogP contribution in [-0.2, 0) is 0 Å². The van der Waals surface area contributed by atoms with Crippen molar-refractivity contribution in [2.45, 2.75) is 44.7 Å². The number of hydrogen-bond acceptors (Lipinski definition) is 2. The van der Waals surface area contributed by atoms with Gasteiger partial charge in [0.25, 0.3) is 0 Å². The largest absolute Gasteiger partial charge is 0.353 e. The van der Waals surface area contributed by atoms with Gasteiger partial charge in [-0.15, -0.1) is 0 Å². The fraction of sp³-hybridized carbons (Fsp3) is 0.700. The molecule has 3 rings (SSSR count). The summed E-state index contributed by atoms with van der Waals surface area (Å²) in [6.45, 7) is 2.07. The van der Waals surface area contributed by atoms with Crippen LogP contribution >= 0.6 is 0 Å². The van der Waals surface area contributed by atoms with E-state index in [0.717, 1.165) is 17.7 Å². The molecule has 0 spiro atoms. The van der Waals surface area contributed by atoms with Gasteiger partial charge < -0.3 is 9.88 Å². The second-order valence-corrected chi connectivity index (χ2v) is 4.26. The zero-order chi connectivity index (χ0) is 8.84. The molecule has 1 heterocycles. The van der Waals surface area contributed by atoms with Gasteiger partial charge in [0.2, 0.25) is 5.95 Å². The number of nitrogens with zero attached hydrogens (tertiary/aromatic N) is 2. The van der Waals surface area contributed by atoms with Gasteiger partial charge >= 0.3 is 0 Å². The first-order chi connectivity index (χ1) is 6.33. The smallest absolute Gasteiger partial charge is 0.203 e. The minimum Gasteiger partial charge on any atom is -0.353 e. The lowest BCUT2D eigenvalue weighted by atomic mass is 10.5. The second-order valence-electron chi connectivity index (χ2n) is 4.26. The van der Waals surface area contributed by atoms with Crippen LogP contribution in [0.4, 0.5) is 5.95 Å². The van der Waals surface area contributed by atoms with Gasteiger partial charge in [-0.2, -0.15) is 0 Å². The normalized spacial score (nSPS) is 21.9. The van der Waals surface area contributed by atoms with Crippen LogP contribution < -0.4 is 5.32 Å². The van der Waals surface area contributed by atoms with E-state index in [9.17, 15) is 0 Å². The van der Waals surface area contributed by atoms with E-state index in [1.54, 1.807) is 0 Å². The van der Waals surface area contributed by atoms with Crippen molar-refractivity contribution in [3.05, 3.63) is 11.9 Å². The molecule has 3 heteroatoms. The van der Waals surface area contributed by atoms with E-state index in [4.69, 9.17) is 0 Å². The molecule has 0 bridgehead atoms. The number of anilines is 1. The first kappa shape index (κ1) is 7.42. The molecule has 0 unspecified atom stereocenters. The lowest BCUT2D eigenvalue weighted by Gasteiger charge is -2.06. The lowest BCUT2D eigenvalue weighted by Crippen LogP contribution is -2.07. The van der Waals surface area contributed by atoms with Crippen molar-refractivity contribution >= 4 is 5.95 Å². The molecule has 0 amide bonds. The molecule has 2 aliphatic carbocycles. The number of aryl methyl sites for hydroxylation is 1. The van der Waals surface area contributed by atoms with Gasteiger partial charge in [-0.1, -0.05) is 0 Å². The highest BCUT2D eigenvalue weighted by molar-refractivity contribution is 5.33. The number of rotatable bonds is 3. The van der Waals surface area contributed by atoms with E-state index in [0.29, 0.717) is 6.04 Å². The molecule has 3 nitrogen and oxygen atoms in total. The molecule has 2 saturated carbocycles. The van der Waals surface area contributed by atoms with Crippen LogP contribution in [0.2, 0.25) is 0 Å². The van der Waals surface area contributed by atoms with E-state index in [-0.39, 0.29) is 0 Å². The van der Waals surface area contributed by atoms with Crippen molar-refractivity contribution < 1.29 is 0 Å². The molecule has 2 aliphatic rings. The maximum absolute atomic E-state index is 4.50. The van der Waals surface area contributed by atoms with Crippen LogP contribution in [0.25, 0.3) is 0 Å². The third-order valence-electron chi connectivity index (χ3n) is 2.70. The van der Waals surface area contributed by atoms with Crippen molar-refractivity contribution in [3.63, 3.8) is 0 Å². The maximum atomic E-state index is 4.50. The van der Waals surface area contributed by atoms with Crippen LogP contribution in [0.5, 0.6) is 0 Å². The van der Waals surface area contributed by atoms with Crippen molar-refractivity contribution in [1.29, 1.82) is 0 Å².